The van der Waals surface area contributed by atoms with Crippen LogP contribution >= 0.6 is 22.7 Å². The van der Waals surface area contributed by atoms with Crippen LogP contribution in [-0.2, 0) is 66.8 Å². The summed E-state index contributed by atoms with van der Waals surface area (Å²) in [5.41, 5.74) is 2.59. The first-order valence-corrected chi connectivity index (χ1v) is 43.1. The largest absolute Gasteiger partial charge is 0.497 e. The van der Waals surface area contributed by atoms with Gasteiger partial charge in [-0.15, -0.1) is 22.7 Å². The van der Waals surface area contributed by atoms with E-state index in [0.717, 1.165) is 126 Å². The van der Waals surface area contributed by atoms with E-state index in [4.69, 9.17) is 71.3 Å². The number of nitrogens with zero attached hydrogens (tertiary/aromatic N) is 1. The molecule has 2 aliphatic carbocycles. The van der Waals surface area contributed by atoms with Gasteiger partial charge in [-0.3, -0.25) is 19.2 Å². The normalized spacial score (nSPS) is 14.1. The van der Waals surface area contributed by atoms with E-state index < -0.39 is 11.9 Å². The summed E-state index contributed by atoms with van der Waals surface area (Å²) in [5.74, 6) is 2.35. The predicted octanol–water partition coefficient (Wildman–Crippen LogP) is 19.7. The number of rotatable bonds is 44. The highest BCUT2D eigenvalue weighted by Gasteiger charge is 2.33. The Hall–Kier alpha value is -12.2. The molecule has 0 radical (unpaired) electrons. The highest BCUT2D eigenvalue weighted by molar-refractivity contribution is 7.26. The Balaban J connectivity index is 0.000000255. The molecule has 2 heterocycles. The molecule has 0 amide bonds. The van der Waals surface area contributed by atoms with Crippen LogP contribution in [0.3, 0.4) is 0 Å². The fourth-order valence-corrected chi connectivity index (χ4v) is 14.5. The average Bonchev–Trinajstić information content (AvgIpc) is 1.64. The first-order valence-electron chi connectivity index (χ1n) is 41.5. The SMILES string of the molecule is C=CC(=O)OCCCCCCOC(=O)c1ccc(OC)cc1.C=CC(=O)OCCCCCCOc1ccc(OC)cc1.C=CC(=O)OCCCCOC(=O)c1ccc(OC)cc1.C=CC(=O)OCCCCOc1ccc(OC)cc1.CC(=O)C1CCC(C(=O)Oc2ccc(OC(=O)C3CCC(C(C)=O)CC3)c3sc(-c4ccc(-c5ccccc5)s4)nc23)CC1. The zero-order valence-electron chi connectivity index (χ0n) is 71.7. The lowest BCUT2D eigenvalue weighted by Gasteiger charge is -2.25. The monoisotopic (exact) mass is 1740 g/mol. The number of ketones is 2. The molecule has 0 atom stereocenters. The summed E-state index contributed by atoms with van der Waals surface area (Å²) in [5, 5.41) is 0.747. The first-order chi connectivity index (χ1) is 60.1. The van der Waals surface area contributed by atoms with Crippen LogP contribution in [0.4, 0.5) is 0 Å². The van der Waals surface area contributed by atoms with Crippen LogP contribution in [0.2, 0.25) is 0 Å². The highest BCUT2D eigenvalue weighted by atomic mass is 32.1. The summed E-state index contributed by atoms with van der Waals surface area (Å²) in [7, 11) is 6.40. The van der Waals surface area contributed by atoms with Crippen molar-refractivity contribution in [2.75, 3.05) is 81.3 Å². The van der Waals surface area contributed by atoms with Crippen LogP contribution < -0.4 is 37.9 Å². The number of thiophene rings is 1. The molecular weight excluding hydrogens is 1630 g/mol. The van der Waals surface area contributed by atoms with E-state index in [1.807, 2.05) is 72.8 Å². The maximum absolute atomic E-state index is 13.2. The molecule has 27 heteroatoms. The van der Waals surface area contributed by atoms with E-state index in [0.29, 0.717) is 155 Å². The van der Waals surface area contributed by atoms with Gasteiger partial charge in [-0.05, 0) is 269 Å². The number of thiazole rings is 1. The van der Waals surface area contributed by atoms with Crippen molar-refractivity contribution in [2.24, 2.45) is 23.7 Å². The Labute approximate surface area is 734 Å². The van der Waals surface area contributed by atoms with Crippen molar-refractivity contribution in [1.82, 2.24) is 4.98 Å². The molecule has 6 aromatic carbocycles. The van der Waals surface area contributed by atoms with Crippen LogP contribution in [0.15, 0.2) is 202 Å². The van der Waals surface area contributed by atoms with Crippen LogP contribution in [0, 0.1) is 23.7 Å². The van der Waals surface area contributed by atoms with Gasteiger partial charge in [0, 0.05) is 41.0 Å². The number of fused-ring (bicyclic) bond motifs is 1. The van der Waals surface area contributed by atoms with Gasteiger partial charge < -0.3 is 66.3 Å². The lowest BCUT2D eigenvalue weighted by atomic mass is 9.80. The van der Waals surface area contributed by atoms with Crippen molar-refractivity contribution in [3.8, 4) is 66.3 Å². The van der Waals surface area contributed by atoms with Gasteiger partial charge in [0.1, 0.15) is 61.3 Å². The lowest BCUT2D eigenvalue weighted by molar-refractivity contribution is -0.141. The van der Waals surface area contributed by atoms with Crippen LogP contribution in [0.1, 0.15) is 163 Å². The Morgan fingerprint density at radius 1 is 0.339 bits per heavy atom. The summed E-state index contributed by atoms with van der Waals surface area (Å²) in [6.07, 6.45) is 20.1. The second-order valence-corrected chi connectivity index (χ2v) is 30.5. The highest BCUT2D eigenvalue weighted by Crippen LogP contribution is 2.45. The number of carbonyl (C=O) groups is 10. The number of esters is 8. The molecule has 0 spiro atoms. The van der Waals surface area contributed by atoms with Gasteiger partial charge in [-0.2, -0.15) is 0 Å². The fraction of sp³-hybridized carbons (Fsp3) is 0.392. The van der Waals surface area contributed by atoms with Crippen LogP contribution in [-0.4, -0.2) is 146 Å². The quantitative estimate of drug-likeness (QED) is 0.0113. The molecule has 2 fully saturated rings. The maximum atomic E-state index is 13.2. The lowest BCUT2D eigenvalue weighted by Crippen LogP contribution is -2.28. The minimum atomic E-state index is -0.444. The van der Waals surface area contributed by atoms with Crippen LogP contribution in [0.5, 0.6) is 46.0 Å². The minimum absolute atomic E-state index is 0.0184. The molecule has 0 unspecified atom stereocenters. The smallest absolute Gasteiger partial charge is 0.338 e. The van der Waals surface area contributed by atoms with Gasteiger partial charge in [-0.25, -0.2) is 33.8 Å². The number of methoxy groups -OCH3 is 4. The number of benzene rings is 6. The molecule has 8 aromatic rings. The Morgan fingerprint density at radius 2 is 0.645 bits per heavy atom. The molecule has 0 bridgehead atoms. The van der Waals surface area contributed by atoms with E-state index in [-0.39, 0.29) is 77.7 Å². The number of hydrogen-bond donors (Lipinski definition) is 0. The molecule has 0 aliphatic heterocycles. The number of ether oxygens (including phenoxy) is 14. The third-order valence-corrected chi connectivity index (χ3v) is 22.0. The zero-order chi connectivity index (χ0) is 89.6. The Kier molecular flexibility index (Phi) is 47.0. The predicted molar refractivity (Wildman–Crippen MR) is 475 cm³/mol. The van der Waals surface area contributed by atoms with Gasteiger partial charge >= 0.3 is 47.8 Å². The molecule has 10 rings (SSSR count). The van der Waals surface area contributed by atoms with Crippen molar-refractivity contribution in [3.63, 3.8) is 0 Å². The molecule has 664 valence electrons. The summed E-state index contributed by atoms with van der Waals surface area (Å²) < 4.78 is 73.5. The third kappa shape index (κ3) is 37.6. The van der Waals surface area contributed by atoms with Gasteiger partial charge in [0.05, 0.1) is 109 Å². The standard InChI is InChI=1S/C35H35NO6S2.C17H22O5.C16H22O4.C15H18O5.C14H18O4/c1-20(37)22-8-12-25(13-9-22)34(39)41-27-16-17-28(42-35(40)26-14-10-23(11-15-26)21(2)38)32-31(27)36-33(44-32)30-19-18-29(43-30)24-6-4-3-5-7-24;1-3-16(18)21-12-6-4-5-7-13-22-17(19)14-8-10-15(20-2)11-9-14;1-3-16(17)20-13-7-5-4-6-12-19-15-10-8-14(18-2)9-11-15;1-3-14(16)19-10-4-5-11-20-15(17)12-6-8-13(18-2)9-7-12;1-3-14(15)18-11-5-4-10-17-13-8-6-12(16-2)7-9-13/h3-7,16-19,22-23,25-26H,8-15H2,1-2H3;3,8-11H,1,4-7,12-13H2,2H3;3,8-11H,1,4-7,12-13H2,2H3;3,6-9H,1,4-5,10-11H2,2H3;3,6-9H,1,4-5,10-11H2,2H3. The van der Waals surface area contributed by atoms with E-state index in [1.165, 1.54) is 17.4 Å². The molecule has 25 nitrogen and oxygen atoms in total. The number of carbonyl (C=O) groups excluding carboxylic acids is 10. The third-order valence-electron chi connectivity index (χ3n) is 19.6. The number of aromatic nitrogens is 1. The Morgan fingerprint density at radius 3 is 1.01 bits per heavy atom. The van der Waals surface area contributed by atoms with Crippen molar-refractivity contribution < 1.29 is 114 Å². The van der Waals surface area contributed by atoms with E-state index in [1.54, 1.807) is 114 Å². The number of hydrogen-bond acceptors (Lipinski definition) is 27. The summed E-state index contributed by atoms with van der Waals surface area (Å²) in [6.45, 7) is 20.0. The van der Waals surface area contributed by atoms with Crippen LogP contribution in [0.25, 0.3) is 30.5 Å². The summed E-state index contributed by atoms with van der Waals surface area (Å²) >= 11 is 3.03. The summed E-state index contributed by atoms with van der Waals surface area (Å²) in [4.78, 5) is 124. The molecule has 124 heavy (non-hydrogen) atoms. The minimum Gasteiger partial charge on any atom is -0.497 e. The Bertz CT molecular complexity index is 4550. The van der Waals surface area contributed by atoms with Gasteiger partial charge in [0.25, 0.3) is 0 Å². The average molecular weight is 1740 g/mol. The van der Waals surface area contributed by atoms with Crippen molar-refractivity contribution in [3.05, 3.63) is 213 Å². The van der Waals surface area contributed by atoms with Crippen molar-refractivity contribution in [1.29, 1.82) is 0 Å². The zero-order valence-corrected chi connectivity index (χ0v) is 73.4. The molecule has 2 aliphatic rings. The molecule has 2 aromatic heterocycles. The number of Topliss-reactive ketones (excluding diaryl/α,β-unsaturated/α-hetero) is 2. The maximum Gasteiger partial charge on any atom is 0.338 e. The van der Waals surface area contributed by atoms with Gasteiger partial charge in [-0.1, -0.05) is 56.6 Å². The first kappa shape index (κ1) is 101. The van der Waals surface area contributed by atoms with Gasteiger partial charge in [0.15, 0.2) is 11.5 Å². The molecular formula is C97H115NO24S2. The van der Waals surface area contributed by atoms with E-state index >= 15 is 0 Å². The van der Waals surface area contributed by atoms with Crippen molar-refractivity contribution >= 4 is 92.2 Å². The van der Waals surface area contributed by atoms with E-state index in [2.05, 4.69) is 44.5 Å². The molecule has 2 saturated carbocycles. The molecule has 0 saturated heterocycles. The second kappa shape index (κ2) is 57.9. The molecule has 0 N–H and O–H groups in total. The van der Waals surface area contributed by atoms with E-state index in [9.17, 15) is 47.9 Å². The second-order valence-electron chi connectivity index (χ2n) is 28.5. The van der Waals surface area contributed by atoms with Crippen molar-refractivity contribution in [2.45, 2.75) is 142 Å². The topological polar surface area (TPSA) is 313 Å². The summed E-state index contributed by atoms with van der Waals surface area (Å²) in [6, 6.07) is 46.0. The number of unbranched alkanes of at least 4 members (excludes halogenated alkanes) is 8. The van der Waals surface area contributed by atoms with Gasteiger partial charge in [0.2, 0.25) is 0 Å². The fourth-order valence-electron chi connectivity index (χ4n) is 12.4.